The minimum absolute atomic E-state index is 0.288. The minimum Gasteiger partial charge on any atom is -0.370 e. The highest BCUT2D eigenvalue weighted by Crippen LogP contribution is 2.25. The molecular formula is C24H22Br2N10. The molecule has 2 aliphatic heterocycles. The van der Waals surface area contributed by atoms with Crippen molar-refractivity contribution in [3.05, 3.63) is 92.9 Å². The molecule has 2 aliphatic rings. The number of nitrogens with two attached hydrogens (primary N) is 2. The number of nitrogens with zero attached hydrogens (tertiary/aromatic N) is 4. The first-order chi connectivity index (χ1) is 17.4. The Bertz CT molecular complexity index is 1290. The van der Waals surface area contributed by atoms with E-state index in [1.807, 2.05) is 72.8 Å². The van der Waals surface area contributed by atoms with Crippen LogP contribution in [0.15, 0.2) is 102 Å². The van der Waals surface area contributed by atoms with E-state index in [9.17, 15) is 0 Å². The maximum atomic E-state index is 6.00. The Hall–Kier alpha value is -3.90. The van der Waals surface area contributed by atoms with E-state index in [0.29, 0.717) is 11.9 Å². The molecule has 2 atom stereocenters. The Labute approximate surface area is 224 Å². The molecule has 0 amide bonds. The number of anilines is 2. The van der Waals surface area contributed by atoms with Crippen LogP contribution in [-0.2, 0) is 0 Å². The summed E-state index contributed by atoms with van der Waals surface area (Å²) in [6.45, 7) is 0. The summed E-state index contributed by atoms with van der Waals surface area (Å²) < 4.78 is 1.90. The quantitative estimate of drug-likeness (QED) is 0.263. The lowest BCUT2D eigenvalue weighted by Crippen LogP contribution is -2.44. The largest absolute Gasteiger partial charge is 0.370 e. The normalized spacial score (nSPS) is 19.1. The van der Waals surface area contributed by atoms with E-state index >= 15 is 0 Å². The van der Waals surface area contributed by atoms with Crippen LogP contribution < -0.4 is 32.7 Å². The molecule has 182 valence electrons. The summed E-state index contributed by atoms with van der Waals surface area (Å²) in [5, 5.41) is 12.4. The Morgan fingerprint density at radius 1 is 0.611 bits per heavy atom. The van der Waals surface area contributed by atoms with E-state index < -0.39 is 12.3 Å². The Kier molecular flexibility index (Phi) is 6.87. The standard InChI is InChI=1S/C24H22Br2N10/c25-15-5-1-3-13(11-15)19-31-21(27)35-23(33-19)29-17-7-9-18(10-8-17)30-24-34-20(32-22(28)36-24)14-4-2-6-16(26)12-14/h1-12,19-20H,(H4,27,29,31,33,35)(H4,28,30,32,34,36). The van der Waals surface area contributed by atoms with Gasteiger partial charge >= 0.3 is 0 Å². The highest BCUT2D eigenvalue weighted by atomic mass is 79.9. The molecule has 0 aromatic heterocycles. The summed E-state index contributed by atoms with van der Waals surface area (Å²) in [7, 11) is 0. The van der Waals surface area contributed by atoms with Gasteiger partial charge in [-0.05, 0) is 59.7 Å². The number of benzene rings is 3. The van der Waals surface area contributed by atoms with Gasteiger partial charge in [0.25, 0.3) is 0 Å². The van der Waals surface area contributed by atoms with Gasteiger partial charge in [-0.15, -0.1) is 0 Å². The van der Waals surface area contributed by atoms with Gasteiger partial charge in [0.1, 0.15) is 0 Å². The van der Waals surface area contributed by atoms with Crippen molar-refractivity contribution in [3.8, 4) is 0 Å². The van der Waals surface area contributed by atoms with Crippen molar-refractivity contribution in [2.24, 2.45) is 31.4 Å². The van der Waals surface area contributed by atoms with E-state index in [2.05, 4.69) is 73.1 Å². The SMILES string of the molecule is NC1=NC(c2cccc(Br)c2)N=C(Nc2ccc(NC3=NC(c4cccc(Br)c4)N=C(N)N3)cc2)N1. The first-order valence-corrected chi connectivity index (χ1v) is 12.5. The number of nitrogens with one attached hydrogen (secondary N) is 4. The van der Waals surface area contributed by atoms with E-state index in [4.69, 9.17) is 11.5 Å². The fourth-order valence-corrected chi connectivity index (χ4v) is 4.44. The molecule has 36 heavy (non-hydrogen) atoms. The van der Waals surface area contributed by atoms with Crippen LogP contribution >= 0.6 is 31.9 Å². The molecule has 8 N–H and O–H groups in total. The monoisotopic (exact) mass is 608 g/mol. The zero-order chi connectivity index (χ0) is 25.1. The van der Waals surface area contributed by atoms with Crippen LogP contribution in [0.2, 0.25) is 0 Å². The fourth-order valence-electron chi connectivity index (χ4n) is 3.61. The van der Waals surface area contributed by atoms with Gasteiger partial charge in [0.05, 0.1) is 0 Å². The summed E-state index contributed by atoms with van der Waals surface area (Å²) >= 11 is 6.97. The number of aliphatic imine (C=N–C) groups is 4. The highest BCUT2D eigenvalue weighted by molar-refractivity contribution is 9.10. The molecule has 0 aliphatic carbocycles. The van der Waals surface area contributed by atoms with Crippen LogP contribution in [0.5, 0.6) is 0 Å². The molecule has 0 fully saturated rings. The molecule has 12 heteroatoms. The lowest BCUT2D eigenvalue weighted by Gasteiger charge is -2.21. The van der Waals surface area contributed by atoms with Crippen LogP contribution in [0, 0.1) is 0 Å². The van der Waals surface area contributed by atoms with Crippen LogP contribution in [0.3, 0.4) is 0 Å². The van der Waals surface area contributed by atoms with Crippen molar-refractivity contribution in [2.45, 2.75) is 12.3 Å². The maximum absolute atomic E-state index is 6.00. The van der Waals surface area contributed by atoms with Crippen molar-refractivity contribution in [1.29, 1.82) is 0 Å². The summed E-state index contributed by atoms with van der Waals surface area (Å²) in [4.78, 5) is 18.0. The van der Waals surface area contributed by atoms with Crippen LogP contribution in [0.1, 0.15) is 23.5 Å². The molecule has 2 unspecified atom stereocenters. The third kappa shape index (κ3) is 5.83. The van der Waals surface area contributed by atoms with Gasteiger partial charge in [0.15, 0.2) is 24.3 Å². The first-order valence-electron chi connectivity index (χ1n) is 10.9. The molecular weight excluding hydrogens is 588 g/mol. The number of hydrogen-bond donors (Lipinski definition) is 6. The van der Waals surface area contributed by atoms with Crippen LogP contribution in [0.25, 0.3) is 0 Å². The molecule has 0 radical (unpaired) electrons. The minimum atomic E-state index is -0.437. The third-order valence-corrected chi connectivity index (χ3v) is 6.21. The van der Waals surface area contributed by atoms with Crippen molar-refractivity contribution in [2.75, 3.05) is 10.6 Å². The summed E-state index contributed by atoms with van der Waals surface area (Å²) in [6.07, 6.45) is -0.874. The molecule has 3 aromatic carbocycles. The lowest BCUT2D eigenvalue weighted by molar-refractivity contribution is 0.750. The number of guanidine groups is 4. The van der Waals surface area contributed by atoms with Crippen molar-refractivity contribution >= 4 is 67.1 Å². The maximum Gasteiger partial charge on any atom is 0.205 e. The summed E-state index contributed by atoms with van der Waals surface area (Å²) in [6, 6.07) is 23.3. The van der Waals surface area contributed by atoms with Gasteiger partial charge in [-0.2, -0.15) is 0 Å². The van der Waals surface area contributed by atoms with E-state index in [1.165, 1.54) is 0 Å². The second-order valence-electron chi connectivity index (χ2n) is 7.92. The Morgan fingerprint density at radius 3 is 1.42 bits per heavy atom. The third-order valence-electron chi connectivity index (χ3n) is 5.22. The second kappa shape index (κ2) is 10.4. The average Bonchev–Trinajstić information content (AvgIpc) is 2.85. The van der Waals surface area contributed by atoms with Gasteiger partial charge < -0.3 is 22.1 Å². The van der Waals surface area contributed by atoms with E-state index in [1.54, 1.807) is 0 Å². The molecule has 0 spiro atoms. The summed E-state index contributed by atoms with van der Waals surface area (Å²) in [5.74, 6) is 1.59. The van der Waals surface area contributed by atoms with Crippen LogP contribution in [-0.4, -0.2) is 23.8 Å². The van der Waals surface area contributed by atoms with Crippen molar-refractivity contribution in [3.63, 3.8) is 0 Å². The second-order valence-corrected chi connectivity index (χ2v) is 9.75. The zero-order valence-corrected chi connectivity index (χ0v) is 22.0. The zero-order valence-electron chi connectivity index (χ0n) is 18.8. The van der Waals surface area contributed by atoms with E-state index in [0.717, 1.165) is 31.4 Å². The van der Waals surface area contributed by atoms with Crippen molar-refractivity contribution < 1.29 is 0 Å². The number of rotatable bonds is 4. The Morgan fingerprint density at radius 2 is 1.03 bits per heavy atom. The predicted octanol–water partition coefficient (Wildman–Crippen LogP) is 3.98. The Balaban J connectivity index is 1.27. The van der Waals surface area contributed by atoms with Gasteiger partial charge in [0.2, 0.25) is 11.9 Å². The van der Waals surface area contributed by atoms with Gasteiger partial charge in [0, 0.05) is 20.3 Å². The molecule has 2 heterocycles. The fraction of sp³-hybridized carbons (Fsp3) is 0.0833. The molecule has 0 saturated carbocycles. The van der Waals surface area contributed by atoms with Gasteiger partial charge in [-0.3, -0.25) is 10.6 Å². The topological polar surface area (TPSA) is 150 Å². The number of hydrogen-bond acceptors (Lipinski definition) is 10. The lowest BCUT2D eigenvalue weighted by atomic mass is 10.2. The summed E-state index contributed by atoms with van der Waals surface area (Å²) in [5.41, 5.74) is 15.5. The van der Waals surface area contributed by atoms with Gasteiger partial charge in [-0.25, -0.2) is 20.0 Å². The molecule has 3 aromatic rings. The first kappa shape index (κ1) is 23.8. The van der Waals surface area contributed by atoms with Crippen molar-refractivity contribution in [1.82, 2.24) is 10.6 Å². The molecule has 10 nitrogen and oxygen atoms in total. The average molecular weight is 610 g/mol. The number of halogens is 2. The molecule has 5 rings (SSSR count). The predicted molar refractivity (Wildman–Crippen MR) is 152 cm³/mol. The smallest absolute Gasteiger partial charge is 0.205 e. The van der Waals surface area contributed by atoms with Crippen LogP contribution in [0.4, 0.5) is 11.4 Å². The molecule has 0 bridgehead atoms. The van der Waals surface area contributed by atoms with E-state index in [-0.39, 0.29) is 11.9 Å². The molecule has 0 saturated heterocycles. The highest BCUT2D eigenvalue weighted by Gasteiger charge is 2.19. The van der Waals surface area contributed by atoms with Gasteiger partial charge in [-0.1, -0.05) is 56.1 Å².